The highest BCUT2D eigenvalue weighted by molar-refractivity contribution is 6.32. The van der Waals surface area contributed by atoms with Gasteiger partial charge in [-0.15, -0.1) is 11.6 Å². The van der Waals surface area contributed by atoms with E-state index in [1.54, 1.807) is 0 Å². The van der Waals surface area contributed by atoms with E-state index < -0.39 is 17.5 Å². The van der Waals surface area contributed by atoms with Crippen molar-refractivity contribution in [2.45, 2.75) is 12.1 Å². The molecule has 6 heteroatoms. The summed E-state index contributed by atoms with van der Waals surface area (Å²) in [5.74, 6) is -0.914. The molecular weight excluding hydrogens is 240 g/mol. The van der Waals surface area contributed by atoms with Gasteiger partial charge in [0.2, 0.25) is 0 Å². The van der Waals surface area contributed by atoms with Gasteiger partial charge in [-0.25, -0.2) is 0 Å². The van der Waals surface area contributed by atoms with E-state index in [0.717, 1.165) is 6.07 Å². The van der Waals surface area contributed by atoms with E-state index in [1.807, 2.05) is 0 Å². The van der Waals surface area contributed by atoms with Crippen LogP contribution in [0.5, 0.6) is 5.75 Å². The molecule has 0 aliphatic rings. The Morgan fingerprint density at radius 3 is 2.29 bits per heavy atom. The van der Waals surface area contributed by atoms with Gasteiger partial charge < -0.3 is 5.11 Å². The predicted octanol–water partition coefficient (Wildman–Crippen LogP) is 3.80. The van der Waals surface area contributed by atoms with Gasteiger partial charge in [0.15, 0.2) is 0 Å². The Hall–Kier alpha value is -0.610. The lowest BCUT2D eigenvalue weighted by Gasteiger charge is -2.10. The van der Waals surface area contributed by atoms with Crippen LogP contribution in [0.25, 0.3) is 0 Å². The maximum absolute atomic E-state index is 12.2. The third kappa shape index (κ3) is 2.25. The highest BCUT2D eigenvalue weighted by Crippen LogP contribution is 2.38. The molecule has 0 bridgehead atoms. The molecule has 0 saturated heterocycles. The summed E-state index contributed by atoms with van der Waals surface area (Å²) >= 11 is 10.9. The summed E-state index contributed by atoms with van der Waals surface area (Å²) in [5, 5.41) is 8.94. The molecule has 1 N–H and O–H groups in total. The average molecular weight is 245 g/mol. The maximum atomic E-state index is 12.2. The van der Waals surface area contributed by atoms with Gasteiger partial charge in [0, 0.05) is 10.9 Å². The lowest BCUT2D eigenvalue weighted by molar-refractivity contribution is -0.138. The molecule has 1 aromatic rings. The first kappa shape index (κ1) is 11.5. The van der Waals surface area contributed by atoms with Crippen molar-refractivity contribution in [3.8, 4) is 5.75 Å². The summed E-state index contributed by atoms with van der Waals surface area (Å²) in [6, 6.07) is 1.58. The average Bonchev–Trinajstić information content (AvgIpc) is 2.06. The van der Waals surface area contributed by atoms with Gasteiger partial charge in [-0.2, -0.15) is 13.2 Å². The molecule has 1 rings (SSSR count). The second-order valence-electron chi connectivity index (χ2n) is 2.59. The molecule has 0 atom stereocenters. The van der Waals surface area contributed by atoms with Crippen LogP contribution in [0.1, 0.15) is 11.1 Å². The maximum Gasteiger partial charge on any atom is 0.420 e. The summed E-state index contributed by atoms with van der Waals surface area (Å²) < 4.78 is 36.6. The molecule has 0 amide bonds. The number of phenolic OH excluding ortho intramolecular Hbond substituents is 1. The highest BCUT2D eigenvalue weighted by atomic mass is 35.5. The number of phenols is 1. The minimum absolute atomic E-state index is 0.0511. The van der Waals surface area contributed by atoms with E-state index in [4.69, 9.17) is 28.3 Å². The fraction of sp³-hybridized carbons (Fsp3) is 0.250. The zero-order valence-electron chi connectivity index (χ0n) is 6.70. The Balaban J connectivity index is 3.29. The van der Waals surface area contributed by atoms with Crippen molar-refractivity contribution >= 4 is 23.2 Å². The van der Waals surface area contributed by atoms with E-state index in [9.17, 15) is 13.2 Å². The lowest BCUT2D eigenvalue weighted by Crippen LogP contribution is -2.05. The molecule has 0 heterocycles. The van der Waals surface area contributed by atoms with Crippen LogP contribution >= 0.6 is 23.2 Å². The molecule has 0 aliphatic carbocycles. The van der Waals surface area contributed by atoms with Gasteiger partial charge in [-0.3, -0.25) is 0 Å². The minimum atomic E-state index is -4.61. The third-order valence-electron chi connectivity index (χ3n) is 1.61. The molecular formula is C8H5Cl2F3O. The fourth-order valence-electron chi connectivity index (χ4n) is 0.935. The topological polar surface area (TPSA) is 20.2 Å². The summed E-state index contributed by atoms with van der Waals surface area (Å²) in [4.78, 5) is 0. The van der Waals surface area contributed by atoms with Crippen molar-refractivity contribution < 1.29 is 18.3 Å². The van der Waals surface area contributed by atoms with Crippen LogP contribution in [0, 0.1) is 0 Å². The highest BCUT2D eigenvalue weighted by Gasteiger charge is 2.34. The molecule has 0 unspecified atom stereocenters. The Kier molecular flexibility index (Phi) is 3.17. The first-order valence-electron chi connectivity index (χ1n) is 3.51. The van der Waals surface area contributed by atoms with Gasteiger partial charge in [-0.05, 0) is 17.7 Å². The zero-order valence-corrected chi connectivity index (χ0v) is 8.21. The second kappa shape index (κ2) is 3.87. The number of alkyl halides is 4. The number of benzene rings is 1. The van der Waals surface area contributed by atoms with Crippen LogP contribution in [0.15, 0.2) is 12.1 Å². The number of hydrogen-bond donors (Lipinski definition) is 1. The van der Waals surface area contributed by atoms with Crippen LogP contribution in [0.4, 0.5) is 13.2 Å². The Labute approximate surface area is 88.1 Å². The van der Waals surface area contributed by atoms with Crippen molar-refractivity contribution in [1.29, 1.82) is 0 Å². The Bertz CT molecular complexity index is 349. The standard InChI is InChI=1S/C8H5Cl2F3O/c9-3-4-1-7(14)5(2-6(4)10)8(11,12)13/h1-2,14H,3H2. The molecule has 0 spiro atoms. The normalized spacial score (nSPS) is 11.8. The van der Waals surface area contributed by atoms with E-state index in [0.29, 0.717) is 6.07 Å². The first-order valence-corrected chi connectivity index (χ1v) is 4.42. The zero-order chi connectivity index (χ0) is 10.9. The van der Waals surface area contributed by atoms with E-state index >= 15 is 0 Å². The monoisotopic (exact) mass is 244 g/mol. The molecule has 78 valence electrons. The van der Waals surface area contributed by atoms with Crippen LogP contribution in [-0.2, 0) is 12.1 Å². The molecule has 1 aromatic carbocycles. The first-order chi connectivity index (χ1) is 6.36. The Morgan fingerprint density at radius 1 is 1.29 bits per heavy atom. The van der Waals surface area contributed by atoms with Crippen LogP contribution in [-0.4, -0.2) is 5.11 Å². The summed E-state index contributed by atoms with van der Waals surface area (Å²) in [6.07, 6.45) is -4.61. The smallest absolute Gasteiger partial charge is 0.420 e. The van der Waals surface area contributed by atoms with Gasteiger partial charge in [0.1, 0.15) is 5.75 Å². The molecule has 0 fully saturated rings. The number of hydrogen-bond acceptors (Lipinski definition) is 1. The largest absolute Gasteiger partial charge is 0.507 e. The third-order valence-corrected chi connectivity index (χ3v) is 2.25. The molecule has 0 saturated carbocycles. The van der Waals surface area contributed by atoms with Crippen LogP contribution < -0.4 is 0 Å². The summed E-state index contributed by atoms with van der Waals surface area (Å²) in [7, 11) is 0. The van der Waals surface area contributed by atoms with Crippen molar-refractivity contribution in [2.24, 2.45) is 0 Å². The quantitative estimate of drug-likeness (QED) is 0.746. The fourth-order valence-corrected chi connectivity index (χ4v) is 1.45. The van der Waals surface area contributed by atoms with E-state index in [1.165, 1.54) is 0 Å². The number of aromatic hydroxyl groups is 1. The second-order valence-corrected chi connectivity index (χ2v) is 3.27. The van der Waals surface area contributed by atoms with Crippen molar-refractivity contribution in [3.63, 3.8) is 0 Å². The molecule has 0 aliphatic heterocycles. The van der Waals surface area contributed by atoms with Gasteiger partial charge >= 0.3 is 6.18 Å². The summed E-state index contributed by atoms with van der Waals surface area (Å²) in [5.41, 5.74) is -0.893. The van der Waals surface area contributed by atoms with Crippen LogP contribution in [0.3, 0.4) is 0 Å². The lowest BCUT2D eigenvalue weighted by atomic mass is 10.1. The van der Waals surface area contributed by atoms with Gasteiger partial charge in [-0.1, -0.05) is 11.6 Å². The predicted molar refractivity (Wildman–Crippen MR) is 47.7 cm³/mol. The number of rotatable bonds is 1. The van der Waals surface area contributed by atoms with E-state index in [-0.39, 0.29) is 16.5 Å². The minimum Gasteiger partial charge on any atom is -0.507 e. The van der Waals surface area contributed by atoms with E-state index in [2.05, 4.69) is 0 Å². The summed E-state index contributed by atoms with van der Waals surface area (Å²) in [6.45, 7) is 0. The van der Waals surface area contributed by atoms with Gasteiger partial charge in [0.05, 0.1) is 5.56 Å². The molecule has 1 nitrogen and oxygen atoms in total. The Morgan fingerprint density at radius 2 is 1.86 bits per heavy atom. The SMILES string of the molecule is Oc1cc(CCl)c(Cl)cc1C(F)(F)F. The van der Waals surface area contributed by atoms with Crippen molar-refractivity contribution in [2.75, 3.05) is 0 Å². The van der Waals surface area contributed by atoms with Gasteiger partial charge in [0.25, 0.3) is 0 Å². The molecule has 0 radical (unpaired) electrons. The van der Waals surface area contributed by atoms with Crippen LogP contribution in [0.2, 0.25) is 5.02 Å². The van der Waals surface area contributed by atoms with Crippen molar-refractivity contribution in [3.05, 3.63) is 28.3 Å². The molecule has 14 heavy (non-hydrogen) atoms. The van der Waals surface area contributed by atoms with Crippen molar-refractivity contribution in [1.82, 2.24) is 0 Å². The molecule has 0 aromatic heterocycles. The number of halogens is 5.